The molecule has 100 valence electrons. The first-order valence-corrected chi connectivity index (χ1v) is 6.12. The second-order valence-corrected chi connectivity index (χ2v) is 4.27. The zero-order chi connectivity index (χ0) is 13.8. The van der Waals surface area contributed by atoms with Crippen molar-refractivity contribution in [3.05, 3.63) is 24.3 Å². The second-order valence-electron chi connectivity index (χ2n) is 4.27. The lowest BCUT2D eigenvalue weighted by atomic mass is 10.2. The molecular formula is C13H15N3O3. The topological polar surface area (TPSA) is 87.3 Å². The number of para-hydroxylation sites is 2. The molecule has 6 heteroatoms. The van der Waals surface area contributed by atoms with Crippen LogP contribution < -0.4 is 16.0 Å². The fraction of sp³-hybridized carbons (Fsp3) is 0.308. The van der Waals surface area contributed by atoms with Gasteiger partial charge in [0.25, 0.3) is 11.8 Å². The lowest BCUT2D eigenvalue weighted by Gasteiger charge is -2.13. The van der Waals surface area contributed by atoms with Crippen LogP contribution >= 0.6 is 0 Å². The van der Waals surface area contributed by atoms with E-state index in [-0.39, 0.29) is 12.3 Å². The van der Waals surface area contributed by atoms with Gasteiger partial charge in [0.05, 0.1) is 11.4 Å². The molecule has 0 bridgehead atoms. The molecule has 1 heterocycles. The third kappa shape index (κ3) is 2.90. The Bertz CT molecular complexity index is 491. The molecule has 3 amide bonds. The monoisotopic (exact) mass is 261 g/mol. The standard InChI is InChI=1S/C13H15N3O3/c1-2-5-10(17)16-11-12(18)14-8-6-3-4-7-9(8)15-13(11)19/h3-4,6-7,11H,2,5H2,1H3,(H,14,18)(H,15,19)(H,16,17). The molecule has 3 N–H and O–H groups in total. The second kappa shape index (κ2) is 5.51. The molecule has 6 nitrogen and oxygen atoms in total. The number of amides is 3. The Kier molecular flexibility index (Phi) is 3.79. The lowest BCUT2D eigenvalue weighted by Crippen LogP contribution is -2.49. The van der Waals surface area contributed by atoms with E-state index in [0.29, 0.717) is 17.8 Å². The quantitative estimate of drug-likeness (QED) is 0.705. The van der Waals surface area contributed by atoms with Crippen LogP contribution in [0.5, 0.6) is 0 Å². The van der Waals surface area contributed by atoms with Gasteiger partial charge in [-0.1, -0.05) is 19.1 Å². The van der Waals surface area contributed by atoms with E-state index in [9.17, 15) is 14.4 Å². The van der Waals surface area contributed by atoms with Gasteiger partial charge in [-0.2, -0.15) is 0 Å². The smallest absolute Gasteiger partial charge is 0.256 e. The number of carbonyl (C=O) groups is 3. The summed E-state index contributed by atoms with van der Waals surface area (Å²) in [5, 5.41) is 7.66. The lowest BCUT2D eigenvalue weighted by molar-refractivity contribution is -0.132. The normalized spacial score (nSPS) is 15.0. The highest BCUT2D eigenvalue weighted by Gasteiger charge is 2.31. The number of hydrogen-bond donors (Lipinski definition) is 3. The summed E-state index contributed by atoms with van der Waals surface area (Å²) in [6.45, 7) is 1.85. The minimum Gasteiger partial charge on any atom is -0.337 e. The minimum absolute atomic E-state index is 0.282. The van der Waals surface area contributed by atoms with E-state index in [2.05, 4.69) is 16.0 Å². The van der Waals surface area contributed by atoms with Crippen LogP contribution in [0.3, 0.4) is 0 Å². The van der Waals surface area contributed by atoms with Gasteiger partial charge in [0, 0.05) is 6.42 Å². The number of fused-ring (bicyclic) bond motifs is 1. The molecule has 19 heavy (non-hydrogen) atoms. The van der Waals surface area contributed by atoms with E-state index in [4.69, 9.17) is 0 Å². The van der Waals surface area contributed by atoms with E-state index in [0.717, 1.165) is 0 Å². The van der Waals surface area contributed by atoms with Crippen molar-refractivity contribution in [2.24, 2.45) is 0 Å². The number of nitrogens with one attached hydrogen (secondary N) is 3. The van der Waals surface area contributed by atoms with E-state index in [1.807, 2.05) is 6.92 Å². The van der Waals surface area contributed by atoms with Crippen molar-refractivity contribution in [3.63, 3.8) is 0 Å². The molecule has 0 unspecified atom stereocenters. The van der Waals surface area contributed by atoms with Gasteiger partial charge < -0.3 is 16.0 Å². The van der Waals surface area contributed by atoms with Crippen LogP contribution in [0.15, 0.2) is 24.3 Å². The maximum atomic E-state index is 11.9. The molecule has 1 aromatic carbocycles. The van der Waals surface area contributed by atoms with Crippen LogP contribution in [0.4, 0.5) is 11.4 Å². The highest BCUT2D eigenvalue weighted by Crippen LogP contribution is 2.23. The van der Waals surface area contributed by atoms with Gasteiger partial charge in [0.15, 0.2) is 6.04 Å². The van der Waals surface area contributed by atoms with Crippen molar-refractivity contribution < 1.29 is 14.4 Å². The number of anilines is 2. The first kappa shape index (κ1) is 13.1. The van der Waals surface area contributed by atoms with Crippen molar-refractivity contribution in [2.45, 2.75) is 25.8 Å². The number of benzene rings is 1. The summed E-state index contributed by atoms with van der Waals surface area (Å²) in [6, 6.07) is 5.67. The van der Waals surface area contributed by atoms with E-state index in [1.54, 1.807) is 24.3 Å². The number of rotatable bonds is 3. The van der Waals surface area contributed by atoms with Crippen molar-refractivity contribution in [2.75, 3.05) is 10.6 Å². The summed E-state index contributed by atoms with van der Waals surface area (Å²) in [5.41, 5.74) is 1.04. The van der Waals surface area contributed by atoms with Crippen molar-refractivity contribution in [3.8, 4) is 0 Å². The van der Waals surface area contributed by atoms with Gasteiger partial charge in [0.1, 0.15) is 0 Å². The Labute approximate surface area is 110 Å². The third-order valence-corrected chi connectivity index (χ3v) is 2.75. The van der Waals surface area contributed by atoms with Gasteiger partial charge in [-0.05, 0) is 18.6 Å². The molecule has 0 atom stereocenters. The summed E-state index contributed by atoms with van der Waals surface area (Å²) in [7, 11) is 0. The molecule has 0 aromatic heterocycles. The zero-order valence-corrected chi connectivity index (χ0v) is 10.5. The van der Waals surface area contributed by atoms with Gasteiger partial charge in [-0.25, -0.2) is 0 Å². The average molecular weight is 261 g/mol. The van der Waals surface area contributed by atoms with Gasteiger partial charge in [-0.3, -0.25) is 14.4 Å². The summed E-state index contributed by atoms with van der Waals surface area (Å²) in [4.78, 5) is 35.4. The van der Waals surface area contributed by atoms with Crippen molar-refractivity contribution in [1.82, 2.24) is 5.32 Å². The first-order valence-electron chi connectivity index (χ1n) is 6.12. The Morgan fingerprint density at radius 2 is 1.68 bits per heavy atom. The van der Waals surface area contributed by atoms with Gasteiger partial charge in [0.2, 0.25) is 5.91 Å². The predicted octanol–water partition coefficient (Wildman–Crippen LogP) is 0.862. The Hall–Kier alpha value is -2.37. The molecule has 2 rings (SSSR count). The molecule has 1 aliphatic heterocycles. The largest absolute Gasteiger partial charge is 0.337 e. The van der Waals surface area contributed by atoms with Crippen LogP contribution in [0.25, 0.3) is 0 Å². The molecule has 1 aromatic rings. The summed E-state index contributed by atoms with van der Waals surface area (Å²) >= 11 is 0. The van der Waals surface area contributed by atoms with E-state index < -0.39 is 17.9 Å². The van der Waals surface area contributed by atoms with E-state index >= 15 is 0 Å². The molecule has 0 spiro atoms. The Morgan fingerprint density at radius 1 is 1.16 bits per heavy atom. The third-order valence-electron chi connectivity index (χ3n) is 2.75. The summed E-state index contributed by atoms with van der Waals surface area (Å²) < 4.78 is 0. The van der Waals surface area contributed by atoms with Crippen LogP contribution in [0, 0.1) is 0 Å². The van der Waals surface area contributed by atoms with Crippen LogP contribution in [-0.4, -0.2) is 23.8 Å². The van der Waals surface area contributed by atoms with Gasteiger partial charge >= 0.3 is 0 Å². The molecule has 0 aliphatic carbocycles. The minimum atomic E-state index is -1.20. The van der Waals surface area contributed by atoms with Crippen molar-refractivity contribution in [1.29, 1.82) is 0 Å². The number of hydrogen-bond acceptors (Lipinski definition) is 3. The van der Waals surface area contributed by atoms with Crippen LogP contribution in [0.1, 0.15) is 19.8 Å². The molecular weight excluding hydrogens is 246 g/mol. The zero-order valence-electron chi connectivity index (χ0n) is 10.5. The molecule has 1 aliphatic rings. The predicted molar refractivity (Wildman–Crippen MR) is 70.5 cm³/mol. The maximum absolute atomic E-state index is 11.9. The molecule has 0 radical (unpaired) electrons. The maximum Gasteiger partial charge on any atom is 0.256 e. The first-order chi connectivity index (χ1) is 9.11. The van der Waals surface area contributed by atoms with Crippen LogP contribution in [0.2, 0.25) is 0 Å². The molecule has 0 saturated carbocycles. The van der Waals surface area contributed by atoms with Crippen LogP contribution in [-0.2, 0) is 14.4 Å². The summed E-state index contributed by atoms with van der Waals surface area (Å²) in [5.74, 6) is -1.39. The molecule has 0 fully saturated rings. The highest BCUT2D eigenvalue weighted by molar-refractivity contribution is 6.19. The number of carbonyl (C=O) groups excluding carboxylic acids is 3. The fourth-order valence-electron chi connectivity index (χ4n) is 1.82. The highest BCUT2D eigenvalue weighted by atomic mass is 16.2. The summed E-state index contributed by atoms with van der Waals surface area (Å²) in [6.07, 6.45) is 0.937. The van der Waals surface area contributed by atoms with Crippen molar-refractivity contribution >= 4 is 29.1 Å². The Balaban J connectivity index is 2.18. The Morgan fingerprint density at radius 3 is 2.16 bits per heavy atom. The van der Waals surface area contributed by atoms with Gasteiger partial charge in [-0.15, -0.1) is 0 Å². The SMILES string of the molecule is CCCC(=O)NC1C(=O)Nc2ccccc2NC1=O. The van der Waals surface area contributed by atoms with E-state index in [1.165, 1.54) is 0 Å². The average Bonchev–Trinajstić information content (AvgIpc) is 2.48. The molecule has 0 saturated heterocycles. The fourth-order valence-corrected chi connectivity index (χ4v) is 1.82.